The van der Waals surface area contributed by atoms with E-state index in [1.807, 2.05) is 26.0 Å². The van der Waals surface area contributed by atoms with Gasteiger partial charge in [0.15, 0.2) is 14.6 Å². The van der Waals surface area contributed by atoms with E-state index in [1.54, 1.807) is 22.8 Å². The van der Waals surface area contributed by atoms with E-state index < -0.39 is 27.5 Å². The summed E-state index contributed by atoms with van der Waals surface area (Å²) in [6, 6.07) is 11.6. The van der Waals surface area contributed by atoms with Crippen LogP contribution in [0.5, 0.6) is 0 Å². The number of amides is 1. The third-order valence-corrected chi connectivity index (χ3v) is 7.11. The number of esters is 1. The van der Waals surface area contributed by atoms with Crippen molar-refractivity contribution in [2.75, 3.05) is 12.9 Å². The molecule has 1 aromatic heterocycles. The summed E-state index contributed by atoms with van der Waals surface area (Å²) >= 11 is 1.22. The summed E-state index contributed by atoms with van der Waals surface area (Å²) < 4.78 is 32.1. The Kier molecular flexibility index (Phi) is 5.99. The van der Waals surface area contributed by atoms with E-state index >= 15 is 0 Å². The van der Waals surface area contributed by atoms with Crippen LogP contribution in [-0.2, 0) is 30.7 Å². The van der Waals surface area contributed by atoms with Crippen molar-refractivity contribution in [1.82, 2.24) is 4.57 Å². The Morgan fingerprint density at radius 3 is 2.41 bits per heavy atom. The van der Waals surface area contributed by atoms with Gasteiger partial charge in [-0.25, -0.2) is 8.42 Å². The number of hydrogen-bond donors (Lipinski definition) is 0. The van der Waals surface area contributed by atoms with Crippen molar-refractivity contribution in [3.63, 3.8) is 0 Å². The molecule has 0 spiro atoms. The Balaban J connectivity index is 2.05. The molecule has 1 heterocycles. The van der Waals surface area contributed by atoms with Gasteiger partial charge >= 0.3 is 5.97 Å². The molecule has 0 radical (unpaired) electrons. The lowest BCUT2D eigenvalue weighted by atomic mass is 10.1. The first-order valence-electron chi connectivity index (χ1n) is 8.74. The van der Waals surface area contributed by atoms with Gasteiger partial charge in [0.25, 0.3) is 5.91 Å². The molecule has 0 aliphatic heterocycles. The predicted molar refractivity (Wildman–Crippen MR) is 110 cm³/mol. The number of rotatable bonds is 5. The molecule has 1 amide bonds. The Bertz CT molecular complexity index is 1260. The van der Waals surface area contributed by atoms with E-state index in [4.69, 9.17) is 4.74 Å². The van der Waals surface area contributed by atoms with Gasteiger partial charge in [0.1, 0.15) is 12.3 Å². The highest BCUT2D eigenvalue weighted by Gasteiger charge is 2.20. The van der Waals surface area contributed by atoms with Crippen LogP contribution in [0.3, 0.4) is 0 Å². The number of methoxy groups -OCH3 is 1. The van der Waals surface area contributed by atoms with Crippen molar-refractivity contribution in [2.45, 2.75) is 25.3 Å². The second-order valence-corrected chi connectivity index (χ2v) is 9.53. The number of benzene rings is 2. The van der Waals surface area contributed by atoms with Crippen molar-refractivity contribution in [1.29, 1.82) is 0 Å². The summed E-state index contributed by atoms with van der Waals surface area (Å²) in [5.41, 5.74) is 2.83. The maximum Gasteiger partial charge on any atom is 0.325 e. The molecule has 2 aromatic carbocycles. The van der Waals surface area contributed by atoms with Crippen LogP contribution in [0.1, 0.15) is 11.1 Å². The number of fused-ring (bicyclic) bond motifs is 1. The predicted octanol–water partition coefficient (Wildman–Crippen LogP) is 2.39. The highest BCUT2D eigenvalue weighted by Crippen LogP contribution is 2.22. The van der Waals surface area contributed by atoms with Gasteiger partial charge < -0.3 is 9.30 Å². The zero-order valence-corrected chi connectivity index (χ0v) is 17.8. The number of ether oxygens (including phenoxy) is 1. The smallest absolute Gasteiger partial charge is 0.325 e. The van der Waals surface area contributed by atoms with E-state index in [9.17, 15) is 18.0 Å². The fourth-order valence-electron chi connectivity index (χ4n) is 2.77. The quantitative estimate of drug-likeness (QED) is 0.577. The molecule has 7 nitrogen and oxygen atoms in total. The molecule has 0 unspecified atom stereocenters. The van der Waals surface area contributed by atoms with Crippen molar-refractivity contribution in [3.05, 3.63) is 58.4 Å². The maximum atomic E-state index is 12.5. The molecule has 9 heteroatoms. The summed E-state index contributed by atoms with van der Waals surface area (Å²) in [6.45, 7) is 3.79. The Morgan fingerprint density at radius 2 is 1.76 bits per heavy atom. The van der Waals surface area contributed by atoms with E-state index in [1.165, 1.54) is 30.6 Å². The van der Waals surface area contributed by atoms with Gasteiger partial charge in [-0.1, -0.05) is 29.5 Å². The minimum atomic E-state index is -3.80. The van der Waals surface area contributed by atoms with Crippen LogP contribution in [0.25, 0.3) is 10.2 Å². The van der Waals surface area contributed by atoms with Gasteiger partial charge in [-0.05, 0) is 49.2 Å². The van der Waals surface area contributed by atoms with Gasteiger partial charge in [0, 0.05) is 0 Å². The summed E-state index contributed by atoms with van der Waals surface area (Å²) in [5.74, 6) is -2.04. The lowest BCUT2D eigenvalue weighted by Crippen LogP contribution is -2.24. The van der Waals surface area contributed by atoms with E-state index in [0.717, 1.165) is 21.3 Å². The number of carbonyl (C=O) groups is 2. The third kappa shape index (κ3) is 4.63. The highest BCUT2D eigenvalue weighted by molar-refractivity contribution is 7.92. The molecule has 0 aliphatic rings. The molecule has 3 aromatic rings. The fraction of sp³-hybridized carbons (Fsp3) is 0.250. The maximum absolute atomic E-state index is 12.5. The first-order chi connectivity index (χ1) is 13.7. The Labute approximate surface area is 172 Å². The van der Waals surface area contributed by atoms with Gasteiger partial charge in [-0.3, -0.25) is 9.59 Å². The van der Waals surface area contributed by atoms with Gasteiger partial charge in [0.2, 0.25) is 0 Å². The van der Waals surface area contributed by atoms with Crippen LogP contribution in [0.4, 0.5) is 0 Å². The van der Waals surface area contributed by atoms with Crippen molar-refractivity contribution >= 4 is 43.3 Å². The van der Waals surface area contributed by atoms with Crippen LogP contribution in [-0.4, -0.2) is 37.7 Å². The Hall–Kier alpha value is -2.78. The number of thiazole rings is 1. The minimum absolute atomic E-state index is 0.0635. The first kappa shape index (κ1) is 20.9. The standard InChI is InChI=1S/C20H20N2O5S2/c1-13-9-16-17(10-14(13)2)28-20(22(16)11-19(24)27-3)21-18(23)12-29(25,26)15-7-5-4-6-8-15/h4-10H,11-12H2,1-3H3. The minimum Gasteiger partial charge on any atom is -0.468 e. The van der Waals surface area contributed by atoms with Crippen molar-refractivity contribution in [3.8, 4) is 0 Å². The number of hydrogen-bond acceptors (Lipinski definition) is 6. The molecule has 0 saturated carbocycles. The molecule has 152 valence electrons. The normalized spacial score (nSPS) is 12.3. The van der Waals surface area contributed by atoms with Crippen molar-refractivity contribution < 1.29 is 22.7 Å². The molecule has 29 heavy (non-hydrogen) atoms. The second-order valence-electron chi connectivity index (χ2n) is 6.53. The first-order valence-corrected chi connectivity index (χ1v) is 11.2. The monoisotopic (exact) mass is 432 g/mol. The SMILES string of the molecule is COC(=O)Cn1c(=NC(=O)CS(=O)(=O)c2ccccc2)sc2cc(C)c(C)cc21. The summed E-state index contributed by atoms with van der Waals surface area (Å²) in [6.07, 6.45) is 0. The van der Waals surface area contributed by atoms with E-state index in [-0.39, 0.29) is 16.2 Å². The fourth-order valence-corrected chi connectivity index (χ4v) is 5.02. The highest BCUT2D eigenvalue weighted by atomic mass is 32.2. The summed E-state index contributed by atoms with van der Waals surface area (Å²) in [7, 11) is -2.52. The van der Waals surface area contributed by atoms with E-state index in [2.05, 4.69) is 4.99 Å². The van der Waals surface area contributed by atoms with Crippen LogP contribution in [0, 0.1) is 13.8 Å². The van der Waals surface area contributed by atoms with Gasteiger partial charge in [-0.15, -0.1) is 0 Å². The molecule has 0 bridgehead atoms. The number of aryl methyl sites for hydroxylation is 2. The van der Waals surface area contributed by atoms with Crippen LogP contribution in [0.15, 0.2) is 52.4 Å². The Morgan fingerprint density at radius 1 is 1.10 bits per heavy atom. The average Bonchev–Trinajstić information content (AvgIpc) is 2.98. The number of sulfone groups is 1. The topological polar surface area (TPSA) is 94.8 Å². The van der Waals surface area contributed by atoms with Crippen molar-refractivity contribution in [2.24, 2.45) is 4.99 Å². The molecule has 0 atom stereocenters. The number of aromatic nitrogens is 1. The third-order valence-electron chi connectivity index (χ3n) is 4.45. The van der Waals surface area contributed by atoms with Crippen LogP contribution >= 0.6 is 11.3 Å². The molecular formula is C20H20N2O5S2. The van der Waals surface area contributed by atoms with Crippen LogP contribution in [0.2, 0.25) is 0 Å². The molecule has 0 saturated heterocycles. The average molecular weight is 433 g/mol. The molecule has 0 fully saturated rings. The zero-order chi connectivity index (χ0) is 21.2. The number of carbonyl (C=O) groups excluding carboxylic acids is 2. The van der Waals surface area contributed by atoms with Crippen LogP contribution < -0.4 is 4.80 Å². The second kappa shape index (κ2) is 8.30. The van der Waals surface area contributed by atoms with Gasteiger partial charge in [0.05, 0.1) is 22.2 Å². The lowest BCUT2D eigenvalue weighted by Gasteiger charge is -2.05. The molecule has 3 rings (SSSR count). The van der Waals surface area contributed by atoms with Gasteiger partial charge in [-0.2, -0.15) is 4.99 Å². The largest absolute Gasteiger partial charge is 0.468 e. The number of nitrogens with zero attached hydrogens (tertiary/aromatic N) is 2. The molecule has 0 N–H and O–H groups in total. The molecule has 0 aliphatic carbocycles. The summed E-state index contributed by atoms with van der Waals surface area (Å²) in [5, 5.41) is 0. The van der Waals surface area contributed by atoms with E-state index in [0.29, 0.717) is 0 Å². The molecular weight excluding hydrogens is 412 g/mol. The lowest BCUT2D eigenvalue weighted by molar-refractivity contribution is -0.141. The summed E-state index contributed by atoms with van der Waals surface area (Å²) in [4.78, 5) is 28.6. The zero-order valence-electron chi connectivity index (χ0n) is 16.2.